The lowest BCUT2D eigenvalue weighted by atomic mass is 9.84. The molecule has 0 spiro atoms. The summed E-state index contributed by atoms with van der Waals surface area (Å²) in [7, 11) is 0. The number of unbranched alkanes of at least 4 members (excludes halogenated alkanes) is 1. The normalized spacial score (nSPS) is 11.8. The lowest BCUT2D eigenvalue weighted by Crippen LogP contribution is -2.03. The molecule has 1 atom stereocenters. The molecule has 0 aliphatic rings. The van der Waals surface area contributed by atoms with Gasteiger partial charge in [-0.2, -0.15) is 0 Å². The molecule has 3 heteroatoms. The van der Waals surface area contributed by atoms with E-state index in [0.29, 0.717) is 5.56 Å². The van der Waals surface area contributed by atoms with Gasteiger partial charge in [-0.25, -0.2) is 9.37 Å². The van der Waals surface area contributed by atoms with Crippen LogP contribution in [0.25, 0.3) is 38.4 Å². The second-order valence-electron chi connectivity index (χ2n) is 10.3. The van der Waals surface area contributed by atoms with Gasteiger partial charge in [-0.1, -0.05) is 83.7 Å². The molecule has 5 aromatic rings. The second kappa shape index (κ2) is 12.6. The lowest BCUT2D eigenvalue weighted by Gasteiger charge is -2.22. The van der Waals surface area contributed by atoms with Crippen molar-refractivity contribution in [2.75, 3.05) is 0 Å². The van der Waals surface area contributed by atoms with Crippen LogP contribution < -0.4 is 0 Å². The SMILES string of the molecule is CC.CCC(C)c1cc(F)c(-c2c(C)cc(C)cc2C)c2c3cc(C)ccc3n3ccnc3c12.CCCC. The number of fused-ring (bicyclic) bond motifs is 6. The maximum Gasteiger partial charge on any atom is 0.145 e. The molecular weight excluding hydrogens is 467 g/mol. The van der Waals surface area contributed by atoms with Gasteiger partial charge < -0.3 is 0 Å². The van der Waals surface area contributed by atoms with Crippen LogP contribution in [0.2, 0.25) is 0 Å². The number of imidazole rings is 1. The highest BCUT2D eigenvalue weighted by molar-refractivity contribution is 6.19. The minimum absolute atomic E-state index is 0.151. The number of hydrogen-bond acceptors (Lipinski definition) is 1. The summed E-state index contributed by atoms with van der Waals surface area (Å²) in [6.45, 7) is 21.1. The summed E-state index contributed by atoms with van der Waals surface area (Å²) < 4.78 is 18.3. The van der Waals surface area contributed by atoms with Gasteiger partial charge in [-0.15, -0.1) is 0 Å². The highest BCUT2D eigenvalue weighted by Gasteiger charge is 2.24. The summed E-state index contributed by atoms with van der Waals surface area (Å²) in [6, 6.07) is 12.5. The Bertz CT molecular complexity index is 1530. The first-order valence-electron chi connectivity index (χ1n) is 14.3. The van der Waals surface area contributed by atoms with Gasteiger partial charge in [0.2, 0.25) is 0 Å². The summed E-state index contributed by atoms with van der Waals surface area (Å²) in [4.78, 5) is 4.76. The molecule has 2 aromatic heterocycles. The van der Waals surface area contributed by atoms with Crippen LogP contribution in [0.4, 0.5) is 4.39 Å². The molecule has 0 N–H and O–H groups in total. The second-order valence-corrected chi connectivity index (χ2v) is 10.3. The van der Waals surface area contributed by atoms with Gasteiger partial charge in [0.1, 0.15) is 11.5 Å². The fraction of sp³-hybridized carbons (Fsp3) is 0.400. The Morgan fingerprint density at radius 3 is 2.03 bits per heavy atom. The third-order valence-electron chi connectivity index (χ3n) is 7.43. The molecule has 2 nitrogen and oxygen atoms in total. The first-order chi connectivity index (χ1) is 18.2. The number of halogens is 1. The number of nitrogens with zero attached hydrogens (tertiary/aromatic N) is 2. The van der Waals surface area contributed by atoms with Gasteiger partial charge in [0.05, 0.1) is 5.52 Å². The summed E-state index contributed by atoms with van der Waals surface area (Å²) in [6.07, 6.45) is 7.44. The minimum Gasteiger partial charge on any atom is -0.299 e. The van der Waals surface area contributed by atoms with E-state index in [1.54, 1.807) is 6.07 Å². The average molecular weight is 513 g/mol. The van der Waals surface area contributed by atoms with E-state index in [1.165, 1.54) is 18.4 Å². The molecule has 5 rings (SSSR count). The van der Waals surface area contributed by atoms with Crippen molar-refractivity contribution < 1.29 is 4.39 Å². The average Bonchev–Trinajstić information content (AvgIpc) is 3.39. The number of hydrogen-bond donors (Lipinski definition) is 0. The van der Waals surface area contributed by atoms with Crippen molar-refractivity contribution in [3.63, 3.8) is 0 Å². The van der Waals surface area contributed by atoms with Gasteiger partial charge in [0, 0.05) is 34.1 Å². The molecule has 0 amide bonds. The fourth-order valence-electron chi connectivity index (χ4n) is 5.35. The Balaban J connectivity index is 0.000000612. The molecule has 0 aliphatic carbocycles. The quantitative estimate of drug-likeness (QED) is 0.219. The van der Waals surface area contributed by atoms with Crippen LogP contribution in [0.5, 0.6) is 0 Å². The monoisotopic (exact) mass is 512 g/mol. The maximum atomic E-state index is 16.2. The Morgan fingerprint density at radius 1 is 0.816 bits per heavy atom. The molecule has 3 aromatic carbocycles. The highest BCUT2D eigenvalue weighted by atomic mass is 19.1. The molecule has 0 radical (unpaired) electrons. The number of aromatic nitrogens is 2. The molecule has 1 unspecified atom stereocenters. The predicted molar refractivity (Wildman–Crippen MR) is 165 cm³/mol. The Kier molecular flexibility index (Phi) is 9.71. The molecular formula is C35H45FN2. The Labute approximate surface area is 228 Å². The van der Waals surface area contributed by atoms with Gasteiger partial charge in [-0.3, -0.25) is 4.40 Å². The van der Waals surface area contributed by atoms with Crippen LogP contribution in [0.3, 0.4) is 0 Å². The van der Waals surface area contributed by atoms with Gasteiger partial charge >= 0.3 is 0 Å². The number of rotatable bonds is 4. The maximum absolute atomic E-state index is 16.2. The van der Waals surface area contributed by atoms with Crippen LogP contribution in [-0.2, 0) is 0 Å². The zero-order valence-electron chi connectivity index (χ0n) is 25.1. The van der Waals surface area contributed by atoms with Gasteiger partial charge in [-0.05, 0) is 80.5 Å². The lowest BCUT2D eigenvalue weighted by molar-refractivity contribution is 0.626. The number of pyridine rings is 1. The molecule has 202 valence electrons. The standard InChI is InChI=1S/C29H29FN2.C4H10.C2H6/c1-7-18(4)21-15-23(30)28(25-19(5)12-17(3)13-20(25)6)26-22-14-16(2)8-9-24(22)32-11-10-31-29(32)27(21)26;1-3-4-2;1-2/h8-15,18H,7H2,1-6H3;3-4H2,1-2H3;1-2H3. The number of benzene rings is 3. The first-order valence-corrected chi connectivity index (χ1v) is 14.3. The summed E-state index contributed by atoms with van der Waals surface area (Å²) in [5, 5.41) is 3.12. The van der Waals surface area contributed by atoms with E-state index in [4.69, 9.17) is 4.98 Å². The van der Waals surface area contributed by atoms with Crippen molar-refractivity contribution in [2.45, 2.75) is 94.4 Å². The first kappa shape index (κ1) is 29.4. The number of aryl methyl sites for hydroxylation is 4. The Morgan fingerprint density at radius 2 is 1.45 bits per heavy atom. The van der Waals surface area contributed by atoms with E-state index in [1.807, 2.05) is 26.2 Å². The fourth-order valence-corrected chi connectivity index (χ4v) is 5.35. The van der Waals surface area contributed by atoms with Crippen LogP contribution in [-0.4, -0.2) is 9.38 Å². The van der Waals surface area contributed by atoms with Crippen molar-refractivity contribution in [3.05, 3.63) is 82.4 Å². The van der Waals surface area contributed by atoms with Crippen LogP contribution in [0, 0.1) is 33.5 Å². The van der Waals surface area contributed by atoms with E-state index in [2.05, 4.69) is 90.1 Å². The summed E-state index contributed by atoms with van der Waals surface area (Å²) in [5.41, 5.74) is 9.24. The van der Waals surface area contributed by atoms with Crippen LogP contribution >= 0.6 is 0 Å². The molecule has 0 bridgehead atoms. The minimum atomic E-state index is -0.151. The summed E-state index contributed by atoms with van der Waals surface area (Å²) >= 11 is 0. The molecule has 38 heavy (non-hydrogen) atoms. The smallest absolute Gasteiger partial charge is 0.145 e. The molecule has 0 fully saturated rings. The molecule has 0 saturated heterocycles. The van der Waals surface area contributed by atoms with E-state index in [0.717, 1.165) is 61.6 Å². The molecule has 2 heterocycles. The topological polar surface area (TPSA) is 17.3 Å². The zero-order valence-corrected chi connectivity index (χ0v) is 25.1. The Hall–Kier alpha value is -3.20. The molecule has 0 saturated carbocycles. The molecule has 0 aliphatic heterocycles. The third kappa shape index (κ3) is 5.34. The van der Waals surface area contributed by atoms with Crippen molar-refractivity contribution in [1.82, 2.24) is 9.38 Å². The predicted octanol–water partition coefficient (Wildman–Crippen LogP) is 11.0. The zero-order chi connectivity index (χ0) is 28.1. The largest absolute Gasteiger partial charge is 0.299 e. The van der Waals surface area contributed by atoms with E-state index >= 15 is 4.39 Å². The highest BCUT2D eigenvalue weighted by Crippen LogP contribution is 2.44. The van der Waals surface area contributed by atoms with E-state index in [9.17, 15) is 0 Å². The van der Waals surface area contributed by atoms with Gasteiger partial charge in [0.15, 0.2) is 0 Å². The van der Waals surface area contributed by atoms with Crippen molar-refractivity contribution >= 4 is 27.3 Å². The van der Waals surface area contributed by atoms with Crippen molar-refractivity contribution in [2.24, 2.45) is 0 Å². The summed E-state index contributed by atoms with van der Waals surface area (Å²) in [5.74, 6) is 0.0746. The van der Waals surface area contributed by atoms with E-state index in [-0.39, 0.29) is 11.7 Å². The van der Waals surface area contributed by atoms with Crippen LogP contribution in [0.1, 0.15) is 94.5 Å². The van der Waals surface area contributed by atoms with Crippen molar-refractivity contribution in [1.29, 1.82) is 0 Å². The van der Waals surface area contributed by atoms with E-state index < -0.39 is 0 Å². The van der Waals surface area contributed by atoms with Gasteiger partial charge in [0.25, 0.3) is 0 Å². The third-order valence-corrected chi connectivity index (χ3v) is 7.43. The van der Waals surface area contributed by atoms with Crippen molar-refractivity contribution in [3.8, 4) is 11.1 Å². The van der Waals surface area contributed by atoms with Crippen LogP contribution in [0.15, 0.2) is 48.8 Å².